The Kier molecular flexibility index (Phi) is 3.91. The van der Waals surface area contributed by atoms with Crippen LogP contribution in [0.1, 0.15) is 12.8 Å². The van der Waals surface area contributed by atoms with Crippen LogP contribution in [-0.2, 0) is 4.74 Å². The van der Waals surface area contributed by atoms with Gasteiger partial charge in [0.1, 0.15) is 18.2 Å². The number of morpholine rings is 1. The first-order valence-electron chi connectivity index (χ1n) is 6.66. The molecule has 0 N–H and O–H groups in total. The van der Waals surface area contributed by atoms with Crippen molar-refractivity contribution in [3.8, 4) is 5.75 Å². The highest BCUT2D eigenvalue weighted by Crippen LogP contribution is 2.27. The summed E-state index contributed by atoms with van der Waals surface area (Å²) in [7, 11) is 0. The Morgan fingerprint density at radius 3 is 2.74 bits per heavy atom. The first-order valence-corrected chi connectivity index (χ1v) is 7.04. The van der Waals surface area contributed by atoms with Crippen LogP contribution in [0.2, 0.25) is 5.02 Å². The first-order chi connectivity index (χ1) is 9.20. The number of ether oxygens (including phenoxy) is 2. The fraction of sp³-hybridized carbons (Fsp3) is 0.571. The van der Waals surface area contributed by atoms with E-state index in [2.05, 4.69) is 4.90 Å². The lowest BCUT2D eigenvalue weighted by atomic mass is 10.2. The Labute approximate surface area is 117 Å². The van der Waals surface area contributed by atoms with E-state index in [0.29, 0.717) is 29.6 Å². The van der Waals surface area contributed by atoms with Gasteiger partial charge in [-0.3, -0.25) is 4.90 Å². The molecule has 2 aliphatic heterocycles. The fourth-order valence-corrected chi connectivity index (χ4v) is 2.98. The Morgan fingerprint density at radius 2 is 2.05 bits per heavy atom. The molecule has 2 aliphatic rings. The Bertz CT molecular complexity index is 445. The molecule has 2 unspecified atom stereocenters. The minimum Gasteiger partial charge on any atom is -0.491 e. The van der Waals surface area contributed by atoms with Gasteiger partial charge in [-0.2, -0.15) is 0 Å². The summed E-state index contributed by atoms with van der Waals surface area (Å²) in [5.41, 5.74) is 0. The maximum atomic E-state index is 12.9. The normalized spacial score (nSPS) is 26.6. The van der Waals surface area contributed by atoms with Crippen molar-refractivity contribution in [2.75, 3.05) is 26.2 Å². The standard InChI is InChI=1S/C14H17ClFNO2/c15-13-7-10(16)1-4-14(13)18-6-5-17-8-11-2-3-12(9-17)19-11/h1,4,7,11-12H,2-3,5-6,8-9H2. The summed E-state index contributed by atoms with van der Waals surface area (Å²) in [6, 6.07) is 4.20. The van der Waals surface area contributed by atoms with Crippen molar-refractivity contribution in [2.24, 2.45) is 0 Å². The van der Waals surface area contributed by atoms with E-state index in [1.165, 1.54) is 25.0 Å². The van der Waals surface area contributed by atoms with E-state index in [4.69, 9.17) is 21.1 Å². The number of nitrogens with zero attached hydrogens (tertiary/aromatic N) is 1. The number of hydrogen-bond donors (Lipinski definition) is 0. The van der Waals surface area contributed by atoms with Crippen molar-refractivity contribution in [3.63, 3.8) is 0 Å². The lowest BCUT2D eigenvalue weighted by Crippen LogP contribution is -2.44. The minimum atomic E-state index is -0.345. The largest absolute Gasteiger partial charge is 0.491 e. The van der Waals surface area contributed by atoms with E-state index in [9.17, 15) is 4.39 Å². The van der Waals surface area contributed by atoms with Crippen LogP contribution < -0.4 is 4.74 Å². The summed E-state index contributed by atoms with van der Waals surface area (Å²) >= 11 is 5.91. The molecule has 0 saturated carbocycles. The predicted molar refractivity (Wildman–Crippen MR) is 71.2 cm³/mol. The van der Waals surface area contributed by atoms with E-state index in [0.717, 1.165) is 19.6 Å². The predicted octanol–water partition coefficient (Wildman–Crippen LogP) is 2.72. The molecule has 19 heavy (non-hydrogen) atoms. The second kappa shape index (κ2) is 5.65. The number of rotatable bonds is 4. The molecule has 0 radical (unpaired) electrons. The van der Waals surface area contributed by atoms with Gasteiger partial charge >= 0.3 is 0 Å². The van der Waals surface area contributed by atoms with Crippen LogP contribution >= 0.6 is 11.6 Å². The highest BCUT2D eigenvalue weighted by Gasteiger charge is 2.33. The van der Waals surface area contributed by atoms with Crippen LogP contribution in [0.5, 0.6) is 5.75 Å². The molecule has 104 valence electrons. The van der Waals surface area contributed by atoms with Gasteiger partial charge in [-0.25, -0.2) is 4.39 Å². The van der Waals surface area contributed by atoms with E-state index < -0.39 is 0 Å². The van der Waals surface area contributed by atoms with Crippen LogP contribution in [0.4, 0.5) is 4.39 Å². The van der Waals surface area contributed by atoms with Crippen molar-refractivity contribution in [1.29, 1.82) is 0 Å². The summed E-state index contributed by atoms with van der Waals surface area (Å²) < 4.78 is 24.3. The summed E-state index contributed by atoms with van der Waals surface area (Å²) in [5.74, 6) is 0.196. The van der Waals surface area contributed by atoms with Crippen LogP contribution in [0.15, 0.2) is 18.2 Å². The third-order valence-electron chi connectivity index (χ3n) is 3.68. The average molecular weight is 286 g/mol. The van der Waals surface area contributed by atoms with Crippen molar-refractivity contribution in [1.82, 2.24) is 4.90 Å². The third-order valence-corrected chi connectivity index (χ3v) is 3.97. The average Bonchev–Trinajstić information content (AvgIpc) is 2.71. The van der Waals surface area contributed by atoms with E-state index in [1.807, 2.05) is 0 Å². The molecule has 2 atom stereocenters. The minimum absolute atomic E-state index is 0.321. The van der Waals surface area contributed by atoms with E-state index in [1.54, 1.807) is 6.07 Å². The zero-order valence-corrected chi connectivity index (χ0v) is 11.4. The molecule has 0 spiro atoms. The molecule has 3 nitrogen and oxygen atoms in total. The number of likely N-dealkylation sites (tertiary alicyclic amines) is 1. The topological polar surface area (TPSA) is 21.7 Å². The molecule has 5 heteroatoms. The second-order valence-corrected chi connectivity index (χ2v) is 5.55. The Morgan fingerprint density at radius 1 is 1.32 bits per heavy atom. The first kappa shape index (κ1) is 13.2. The SMILES string of the molecule is Fc1ccc(OCCN2CC3CCC(C2)O3)c(Cl)c1. The van der Waals surface area contributed by atoms with E-state index in [-0.39, 0.29) is 5.82 Å². The van der Waals surface area contributed by atoms with Gasteiger partial charge in [-0.05, 0) is 31.0 Å². The van der Waals surface area contributed by atoms with Gasteiger partial charge in [0, 0.05) is 19.6 Å². The van der Waals surface area contributed by atoms with E-state index >= 15 is 0 Å². The molecule has 1 aromatic rings. The van der Waals surface area contributed by atoms with Crippen molar-refractivity contribution >= 4 is 11.6 Å². The van der Waals surface area contributed by atoms with Crippen LogP contribution in [0.25, 0.3) is 0 Å². The lowest BCUT2D eigenvalue weighted by Gasteiger charge is -2.31. The van der Waals surface area contributed by atoms with Gasteiger partial charge in [-0.1, -0.05) is 11.6 Å². The van der Waals surface area contributed by atoms with Crippen LogP contribution in [0, 0.1) is 5.82 Å². The molecule has 2 fully saturated rings. The van der Waals surface area contributed by atoms with Gasteiger partial charge in [-0.15, -0.1) is 0 Å². The molecule has 0 amide bonds. The highest BCUT2D eigenvalue weighted by molar-refractivity contribution is 6.32. The maximum Gasteiger partial charge on any atom is 0.138 e. The molecule has 0 aromatic heterocycles. The van der Waals surface area contributed by atoms with Crippen LogP contribution in [0.3, 0.4) is 0 Å². The number of hydrogen-bond acceptors (Lipinski definition) is 3. The van der Waals surface area contributed by atoms with Crippen molar-refractivity contribution in [2.45, 2.75) is 25.0 Å². The zero-order chi connectivity index (χ0) is 13.2. The molecule has 2 heterocycles. The monoisotopic (exact) mass is 285 g/mol. The van der Waals surface area contributed by atoms with Gasteiger partial charge in [0.05, 0.1) is 17.2 Å². The van der Waals surface area contributed by atoms with Crippen molar-refractivity contribution < 1.29 is 13.9 Å². The molecule has 2 bridgehead atoms. The molecular formula is C14H17ClFNO2. The third kappa shape index (κ3) is 3.19. The molecule has 1 aromatic carbocycles. The highest BCUT2D eigenvalue weighted by atomic mass is 35.5. The molecule has 2 saturated heterocycles. The summed E-state index contributed by atoms with van der Waals surface area (Å²) in [6.07, 6.45) is 3.14. The van der Waals surface area contributed by atoms with Gasteiger partial charge in [0.15, 0.2) is 0 Å². The van der Waals surface area contributed by atoms with Gasteiger partial charge in [0.25, 0.3) is 0 Å². The number of fused-ring (bicyclic) bond motifs is 2. The fourth-order valence-electron chi connectivity index (χ4n) is 2.76. The zero-order valence-electron chi connectivity index (χ0n) is 10.6. The number of benzene rings is 1. The lowest BCUT2D eigenvalue weighted by molar-refractivity contribution is -0.0408. The molecule has 3 rings (SSSR count). The summed E-state index contributed by atoms with van der Waals surface area (Å²) in [6.45, 7) is 3.38. The quantitative estimate of drug-likeness (QED) is 0.849. The summed E-state index contributed by atoms with van der Waals surface area (Å²) in [4.78, 5) is 2.36. The second-order valence-electron chi connectivity index (χ2n) is 5.14. The van der Waals surface area contributed by atoms with Crippen LogP contribution in [-0.4, -0.2) is 43.3 Å². The maximum absolute atomic E-state index is 12.9. The Balaban J connectivity index is 1.48. The smallest absolute Gasteiger partial charge is 0.138 e. The van der Waals surface area contributed by atoms with Gasteiger partial charge in [0.2, 0.25) is 0 Å². The summed E-state index contributed by atoms with van der Waals surface area (Å²) in [5, 5.41) is 0.321. The number of halogens is 2. The van der Waals surface area contributed by atoms with Crippen molar-refractivity contribution in [3.05, 3.63) is 29.0 Å². The molecular weight excluding hydrogens is 269 g/mol. The Hall–Kier alpha value is -0.840. The molecule has 0 aliphatic carbocycles. The van der Waals surface area contributed by atoms with Gasteiger partial charge < -0.3 is 9.47 Å².